The molecule has 2 heterocycles. The first-order valence-corrected chi connectivity index (χ1v) is 12.3. The standard InChI is InChI=1S/C25H23N3O4S/c29-24(19-7-6-8-21(17-19)33(30,31)28-15-4-1-5-16-28)26-20-13-11-18(12-14-20)25-27-22-9-2-3-10-23(22)32-25/h2-3,6-14,17H,1,4-5,15-16H2,(H,26,29). The van der Waals surface area contributed by atoms with Crippen LogP contribution >= 0.6 is 0 Å². The van der Waals surface area contributed by atoms with Crippen LogP contribution in [0.4, 0.5) is 5.69 Å². The third-order valence-corrected chi connectivity index (χ3v) is 7.63. The van der Waals surface area contributed by atoms with Crippen LogP contribution in [0.15, 0.2) is 82.1 Å². The molecule has 1 fully saturated rings. The van der Waals surface area contributed by atoms with E-state index in [1.807, 2.05) is 36.4 Å². The quantitative estimate of drug-likeness (QED) is 0.455. The summed E-state index contributed by atoms with van der Waals surface area (Å²) < 4.78 is 33.2. The van der Waals surface area contributed by atoms with E-state index >= 15 is 0 Å². The second-order valence-corrected chi connectivity index (χ2v) is 9.95. The molecule has 1 aromatic heterocycles. The predicted molar refractivity (Wildman–Crippen MR) is 126 cm³/mol. The number of carbonyl (C=O) groups is 1. The van der Waals surface area contributed by atoms with Crippen LogP contribution in [0.3, 0.4) is 0 Å². The number of hydrogen-bond acceptors (Lipinski definition) is 5. The second kappa shape index (κ2) is 8.80. The molecule has 5 rings (SSSR count). The van der Waals surface area contributed by atoms with Crippen LogP contribution < -0.4 is 5.32 Å². The predicted octanol–water partition coefficient (Wildman–Crippen LogP) is 4.92. The zero-order valence-electron chi connectivity index (χ0n) is 17.9. The Bertz CT molecular complexity index is 1370. The highest BCUT2D eigenvalue weighted by Crippen LogP contribution is 2.26. The van der Waals surface area contributed by atoms with Crippen LogP contribution in [0.25, 0.3) is 22.6 Å². The van der Waals surface area contributed by atoms with Gasteiger partial charge < -0.3 is 9.73 Å². The van der Waals surface area contributed by atoms with E-state index in [2.05, 4.69) is 10.3 Å². The molecule has 4 aromatic rings. The number of amides is 1. The molecule has 7 nitrogen and oxygen atoms in total. The Balaban J connectivity index is 1.32. The van der Waals surface area contributed by atoms with Gasteiger partial charge in [-0.15, -0.1) is 0 Å². The van der Waals surface area contributed by atoms with Crippen LogP contribution in [-0.2, 0) is 10.0 Å². The third kappa shape index (κ3) is 4.40. The molecule has 0 saturated carbocycles. The molecule has 1 aliphatic rings. The van der Waals surface area contributed by atoms with Crippen LogP contribution in [0.5, 0.6) is 0 Å². The van der Waals surface area contributed by atoms with Crippen molar-refractivity contribution in [3.05, 3.63) is 78.4 Å². The van der Waals surface area contributed by atoms with Crippen molar-refractivity contribution in [2.45, 2.75) is 24.2 Å². The summed E-state index contributed by atoms with van der Waals surface area (Å²) in [5.41, 5.74) is 3.16. The molecule has 0 aliphatic carbocycles. The number of hydrogen-bond donors (Lipinski definition) is 1. The fraction of sp³-hybridized carbons (Fsp3) is 0.200. The van der Waals surface area contributed by atoms with E-state index in [0.717, 1.165) is 30.3 Å². The average Bonchev–Trinajstić information content (AvgIpc) is 3.29. The van der Waals surface area contributed by atoms with Crippen molar-refractivity contribution < 1.29 is 17.6 Å². The van der Waals surface area contributed by atoms with E-state index in [4.69, 9.17) is 4.42 Å². The maximum atomic E-state index is 12.9. The van der Waals surface area contributed by atoms with Gasteiger partial charge in [-0.25, -0.2) is 13.4 Å². The van der Waals surface area contributed by atoms with Crippen molar-refractivity contribution in [3.63, 3.8) is 0 Å². The topological polar surface area (TPSA) is 92.5 Å². The van der Waals surface area contributed by atoms with Gasteiger partial charge in [-0.1, -0.05) is 24.6 Å². The smallest absolute Gasteiger partial charge is 0.255 e. The van der Waals surface area contributed by atoms with Crippen LogP contribution in [0, 0.1) is 0 Å². The highest BCUT2D eigenvalue weighted by Gasteiger charge is 2.26. The van der Waals surface area contributed by atoms with Gasteiger partial charge in [-0.05, 0) is 67.4 Å². The number of sulfonamides is 1. The Hall–Kier alpha value is -3.49. The largest absolute Gasteiger partial charge is 0.436 e. The Labute approximate surface area is 192 Å². The van der Waals surface area contributed by atoms with Crippen molar-refractivity contribution in [1.29, 1.82) is 0 Å². The molecule has 0 radical (unpaired) electrons. The van der Waals surface area contributed by atoms with E-state index in [-0.39, 0.29) is 16.4 Å². The zero-order valence-corrected chi connectivity index (χ0v) is 18.7. The lowest BCUT2D eigenvalue weighted by atomic mass is 10.2. The third-order valence-electron chi connectivity index (χ3n) is 5.73. The number of piperidine rings is 1. The molecule has 0 spiro atoms. The van der Waals surface area contributed by atoms with Crippen molar-refractivity contribution in [3.8, 4) is 11.5 Å². The molecule has 33 heavy (non-hydrogen) atoms. The molecule has 1 N–H and O–H groups in total. The minimum atomic E-state index is -3.60. The highest BCUT2D eigenvalue weighted by atomic mass is 32.2. The lowest BCUT2D eigenvalue weighted by Crippen LogP contribution is -2.35. The van der Waals surface area contributed by atoms with Crippen molar-refractivity contribution in [2.75, 3.05) is 18.4 Å². The zero-order chi connectivity index (χ0) is 22.8. The fourth-order valence-electron chi connectivity index (χ4n) is 3.95. The number of carbonyl (C=O) groups excluding carboxylic acids is 1. The Morgan fingerprint density at radius 1 is 0.909 bits per heavy atom. The fourth-order valence-corrected chi connectivity index (χ4v) is 5.51. The summed E-state index contributed by atoms with van der Waals surface area (Å²) in [5.74, 6) is 0.130. The molecule has 3 aromatic carbocycles. The Kier molecular flexibility index (Phi) is 5.70. The molecular weight excluding hydrogens is 438 g/mol. The summed E-state index contributed by atoms with van der Waals surface area (Å²) in [6.45, 7) is 1.04. The number of nitrogens with one attached hydrogen (secondary N) is 1. The van der Waals surface area contributed by atoms with Gasteiger partial charge >= 0.3 is 0 Å². The number of nitrogens with zero attached hydrogens (tertiary/aromatic N) is 2. The SMILES string of the molecule is O=C(Nc1ccc(-c2nc3ccccc3o2)cc1)c1cccc(S(=O)(=O)N2CCCCC2)c1. The number of para-hydroxylation sites is 2. The molecule has 1 saturated heterocycles. The van der Waals surface area contributed by atoms with Gasteiger partial charge in [0.15, 0.2) is 5.58 Å². The summed E-state index contributed by atoms with van der Waals surface area (Å²) >= 11 is 0. The van der Waals surface area contributed by atoms with Crippen molar-refractivity contribution in [2.24, 2.45) is 0 Å². The monoisotopic (exact) mass is 461 g/mol. The number of benzene rings is 3. The van der Waals surface area contributed by atoms with Crippen molar-refractivity contribution in [1.82, 2.24) is 9.29 Å². The first-order valence-electron chi connectivity index (χ1n) is 10.9. The summed E-state index contributed by atoms with van der Waals surface area (Å²) in [4.78, 5) is 17.4. The molecule has 8 heteroatoms. The van der Waals surface area contributed by atoms with Crippen LogP contribution in [-0.4, -0.2) is 36.7 Å². The lowest BCUT2D eigenvalue weighted by Gasteiger charge is -2.26. The Morgan fingerprint density at radius 2 is 1.67 bits per heavy atom. The van der Waals surface area contributed by atoms with E-state index in [1.54, 1.807) is 24.3 Å². The van der Waals surface area contributed by atoms with E-state index in [0.29, 0.717) is 30.3 Å². The van der Waals surface area contributed by atoms with Gasteiger partial charge in [0.25, 0.3) is 5.91 Å². The normalized spacial score (nSPS) is 14.9. The molecular formula is C25H23N3O4S. The lowest BCUT2D eigenvalue weighted by molar-refractivity contribution is 0.102. The number of rotatable bonds is 5. The molecule has 1 aliphatic heterocycles. The number of oxazole rings is 1. The average molecular weight is 462 g/mol. The first-order chi connectivity index (χ1) is 16.0. The van der Waals surface area contributed by atoms with Gasteiger partial charge in [0.05, 0.1) is 4.90 Å². The summed E-state index contributed by atoms with van der Waals surface area (Å²) in [5, 5.41) is 2.82. The summed E-state index contributed by atoms with van der Waals surface area (Å²) in [6.07, 6.45) is 2.76. The number of fused-ring (bicyclic) bond motifs is 1. The highest BCUT2D eigenvalue weighted by molar-refractivity contribution is 7.89. The maximum Gasteiger partial charge on any atom is 0.255 e. The van der Waals surface area contributed by atoms with Crippen LogP contribution in [0.1, 0.15) is 29.6 Å². The van der Waals surface area contributed by atoms with E-state index in [1.165, 1.54) is 16.4 Å². The van der Waals surface area contributed by atoms with E-state index in [9.17, 15) is 13.2 Å². The second-order valence-electron chi connectivity index (χ2n) is 8.01. The molecule has 1 amide bonds. The summed E-state index contributed by atoms with van der Waals surface area (Å²) in [7, 11) is -3.60. The van der Waals surface area contributed by atoms with Crippen molar-refractivity contribution >= 4 is 32.7 Å². The van der Waals surface area contributed by atoms with Gasteiger partial charge in [0, 0.05) is 29.9 Å². The van der Waals surface area contributed by atoms with E-state index < -0.39 is 10.0 Å². The van der Waals surface area contributed by atoms with Gasteiger partial charge in [0.2, 0.25) is 15.9 Å². The number of aromatic nitrogens is 1. The van der Waals surface area contributed by atoms with Gasteiger partial charge in [-0.2, -0.15) is 4.31 Å². The van der Waals surface area contributed by atoms with Crippen LogP contribution in [0.2, 0.25) is 0 Å². The minimum absolute atomic E-state index is 0.142. The Morgan fingerprint density at radius 3 is 2.42 bits per heavy atom. The molecule has 168 valence electrons. The maximum absolute atomic E-state index is 12.9. The number of anilines is 1. The molecule has 0 atom stereocenters. The van der Waals surface area contributed by atoms with Gasteiger partial charge in [-0.3, -0.25) is 4.79 Å². The molecule has 0 bridgehead atoms. The molecule has 0 unspecified atom stereocenters. The minimum Gasteiger partial charge on any atom is -0.436 e. The first kappa shape index (κ1) is 21.4. The summed E-state index contributed by atoms with van der Waals surface area (Å²) in [6, 6.07) is 20.9. The van der Waals surface area contributed by atoms with Gasteiger partial charge in [0.1, 0.15) is 5.52 Å².